The minimum Gasteiger partial charge on any atom is -0.490 e. The third-order valence-electron chi connectivity index (χ3n) is 4.11. The lowest BCUT2D eigenvalue weighted by Crippen LogP contribution is -2.41. The molecule has 1 saturated heterocycles. The van der Waals surface area contributed by atoms with Gasteiger partial charge in [-0.3, -0.25) is 0 Å². The number of carbonyl (C=O) groups is 1. The Balaban J connectivity index is 1.43. The summed E-state index contributed by atoms with van der Waals surface area (Å²) in [4.78, 5) is 22.6. The Bertz CT molecular complexity index is 729. The number of carboxylic acid groups (broad SMARTS) is 1. The SMILES string of the molecule is O=C(O)N1CCC(Oc2ccc(OOCc3cccc(F)c3)cc2)CC1. The summed E-state index contributed by atoms with van der Waals surface area (Å²) < 4.78 is 18.9. The molecule has 0 atom stereocenters. The molecule has 7 heteroatoms. The van der Waals surface area contributed by atoms with Crippen LogP contribution in [-0.4, -0.2) is 35.3 Å². The van der Waals surface area contributed by atoms with E-state index < -0.39 is 6.09 Å². The maximum atomic E-state index is 13.1. The van der Waals surface area contributed by atoms with E-state index in [2.05, 4.69) is 0 Å². The van der Waals surface area contributed by atoms with Crippen molar-refractivity contribution in [1.29, 1.82) is 0 Å². The first-order valence-electron chi connectivity index (χ1n) is 8.38. The van der Waals surface area contributed by atoms with E-state index in [-0.39, 0.29) is 18.5 Å². The number of piperidine rings is 1. The van der Waals surface area contributed by atoms with Gasteiger partial charge in [0.1, 0.15) is 24.3 Å². The fourth-order valence-corrected chi connectivity index (χ4v) is 2.72. The van der Waals surface area contributed by atoms with E-state index in [9.17, 15) is 9.18 Å². The molecule has 1 aliphatic heterocycles. The van der Waals surface area contributed by atoms with E-state index in [0.717, 1.165) is 0 Å². The third-order valence-corrected chi connectivity index (χ3v) is 4.11. The second-order valence-electron chi connectivity index (χ2n) is 6.03. The topological polar surface area (TPSA) is 68.2 Å². The Hall–Kier alpha value is -2.80. The van der Waals surface area contributed by atoms with Gasteiger partial charge in [-0.1, -0.05) is 12.1 Å². The Morgan fingerprint density at radius 2 is 1.81 bits per heavy atom. The van der Waals surface area contributed by atoms with Gasteiger partial charge in [0.2, 0.25) is 0 Å². The number of halogens is 1. The summed E-state index contributed by atoms with van der Waals surface area (Å²) in [5.41, 5.74) is 0.678. The van der Waals surface area contributed by atoms with Crippen LogP contribution in [0.5, 0.6) is 11.5 Å². The highest BCUT2D eigenvalue weighted by Crippen LogP contribution is 2.22. The fourth-order valence-electron chi connectivity index (χ4n) is 2.72. The van der Waals surface area contributed by atoms with Crippen LogP contribution >= 0.6 is 0 Å². The highest BCUT2D eigenvalue weighted by atomic mass is 19.1. The highest BCUT2D eigenvalue weighted by Gasteiger charge is 2.23. The summed E-state index contributed by atoms with van der Waals surface area (Å²) in [5, 5.41) is 8.94. The summed E-state index contributed by atoms with van der Waals surface area (Å²) in [6, 6.07) is 13.1. The molecule has 2 aromatic rings. The molecule has 0 radical (unpaired) electrons. The minimum absolute atomic E-state index is 0.00148. The van der Waals surface area contributed by atoms with Gasteiger partial charge in [0.15, 0.2) is 5.75 Å². The molecule has 3 rings (SSSR count). The lowest BCUT2D eigenvalue weighted by molar-refractivity contribution is -0.217. The number of hydrogen-bond donors (Lipinski definition) is 1. The molecule has 2 aromatic carbocycles. The van der Waals surface area contributed by atoms with Crippen molar-refractivity contribution in [2.45, 2.75) is 25.6 Å². The molecule has 0 aliphatic carbocycles. The minimum atomic E-state index is -0.886. The first-order chi connectivity index (χ1) is 12.6. The third kappa shape index (κ3) is 5.10. The van der Waals surface area contributed by atoms with Crippen molar-refractivity contribution in [2.24, 2.45) is 0 Å². The second kappa shape index (κ2) is 8.53. The Morgan fingerprint density at radius 1 is 1.12 bits per heavy atom. The zero-order valence-corrected chi connectivity index (χ0v) is 14.1. The molecule has 0 saturated carbocycles. The highest BCUT2D eigenvalue weighted by molar-refractivity contribution is 5.65. The van der Waals surface area contributed by atoms with E-state index in [1.807, 2.05) is 0 Å². The van der Waals surface area contributed by atoms with Crippen molar-refractivity contribution in [3.05, 3.63) is 59.9 Å². The molecule has 6 nitrogen and oxygen atoms in total. The molecular weight excluding hydrogens is 341 g/mol. The lowest BCUT2D eigenvalue weighted by atomic mass is 10.1. The number of benzene rings is 2. The molecule has 0 unspecified atom stereocenters. The van der Waals surface area contributed by atoms with Crippen LogP contribution in [0.4, 0.5) is 9.18 Å². The maximum Gasteiger partial charge on any atom is 0.407 e. The predicted octanol–water partition coefficient (Wildman–Crippen LogP) is 3.86. The average Bonchev–Trinajstić information content (AvgIpc) is 2.64. The Morgan fingerprint density at radius 3 is 2.46 bits per heavy atom. The first kappa shape index (κ1) is 18.0. The zero-order chi connectivity index (χ0) is 18.4. The molecular formula is C19H20FNO5. The Labute approximate surface area is 150 Å². The quantitative estimate of drug-likeness (QED) is 0.625. The number of hydrogen-bond acceptors (Lipinski definition) is 4. The van der Waals surface area contributed by atoms with Crippen LogP contribution in [0.25, 0.3) is 0 Å². The molecule has 1 N–H and O–H groups in total. The second-order valence-corrected chi connectivity index (χ2v) is 6.03. The van der Waals surface area contributed by atoms with Crippen LogP contribution < -0.4 is 9.62 Å². The van der Waals surface area contributed by atoms with Crippen molar-refractivity contribution >= 4 is 6.09 Å². The number of nitrogens with zero attached hydrogens (tertiary/aromatic N) is 1. The van der Waals surface area contributed by atoms with Crippen LogP contribution in [0, 0.1) is 5.82 Å². The van der Waals surface area contributed by atoms with Crippen molar-refractivity contribution in [1.82, 2.24) is 4.90 Å². The molecule has 0 aromatic heterocycles. The number of amides is 1. The summed E-state index contributed by atoms with van der Waals surface area (Å²) in [5.74, 6) is 0.882. The average molecular weight is 361 g/mol. The van der Waals surface area contributed by atoms with Gasteiger partial charge >= 0.3 is 6.09 Å². The molecule has 26 heavy (non-hydrogen) atoms. The smallest absolute Gasteiger partial charge is 0.407 e. The summed E-state index contributed by atoms with van der Waals surface area (Å²) in [6.07, 6.45) is 0.451. The summed E-state index contributed by atoms with van der Waals surface area (Å²) >= 11 is 0. The van der Waals surface area contributed by atoms with Gasteiger partial charge < -0.3 is 19.6 Å². The molecule has 1 amide bonds. The summed E-state index contributed by atoms with van der Waals surface area (Å²) in [6.45, 7) is 1.10. The lowest BCUT2D eigenvalue weighted by Gasteiger charge is -2.30. The van der Waals surface area contributed by atoms with Crippen LogP contribution in [0.1, 0.15) is 18.4 Å². The number of ether oxygens (including phenoxy) is 1. The van der Waals surface area contributed by atoms with Crippen molar-refractivity contribution in [2.75, 3.05) is 13.1 Å². The monoisotopic (exact) mass is 361 g/mol. The standard InChI is InChI=1S/C19H20FNO5/c20-15-3-1-2-14(12-15)13-24-26-18-6-4-16(5-7-18)25-17-8-10-21(11-9-17)19(22)23/h1-7,12,17H,8-11,13H2,(H,22,23). The van der Waals surface area contributed by atoms with Gasteiger partial charge in [-0.05, 0) is 42.0 Å². The van der Waals surface area contributed by atoms with Gasteiger partial charge in [0.25, 0.3) is 0 Å². The van der Waals surface area contributed by atoms with Crippen molar-refractivity contribution < 1.29 is 28.8 Å². The van der Waals surface area contributed by atoms with E-state index in [4.69, 9.17) is 19.6 Å². The van der Waals surface area contributed by atoms with Gasteiger partial charge in [-0.25, -0.2) is 9.18 Å². The van der Waals surface area contributed by atoms with Crippen molar-refractivity contribution in [3.63, 3.8) is 0 Å². The number of rotatable bonds is 6. The zero-order valence-electron chi connectivity index (χ0n) is 14.1. The van der Waals surface area contributed by atoms with Crippen LogP contribution in [0.3, 0.4) is 0 Å². The molecule has 0 spiro atoms. The number of likely N-dealkylation sites (tertiary alicyclic amines) is 1. The first-order valence-corrected chi connectivity index (χ1v) is 8.38. The van der Waals surface area contributed by atoms with E-state index in [0.29, 0.717) is 43.0 Å². The normalized spacial score (nSPS) is 14.9. The summed E-state index contributed by atoms with van der Waals surface area (Å²) in [7, 11) is 0. The van der Waals surface area contributed by atoms with Crippen molar-refractivity contribution in [3.8, 4) is 11.5 Å². The van der Waals surface area contributed by atoms with E-state index in [1.165, 1.54) is 17.0 Å². The maximum absolute atomic E-state index is 13.1. The molecule has 1 heterocycles. The molecule has 0 bridgehead atoms. The fraction of sp³-hybridized carbons (Fsp3) is 0.316. The van der Waals surface area contributed by atoms with Gasteiger partial charge in [0, 0.05) is 25.9 Å². The predicted molar refractivity (Wildman–Crippen MR) is 91.5 cm³/mol. The van der Waals surface area contributed by atoms with Gasteiger partial charge in [-0.2, -0.15) is 4.89 Å². The molecule has 138 valence electrons. The van der Waals surface area contributed by atoms with Crippen LogP contribution in [0.15, 0.2) is 48.5 Å². The van der Waals surface area contributed by atoms with Gasteiger partial charge in [0.05, 0.1) is 0 Å². The molecule has 1 aliphatic rings. The van der Waals surface area contributed by atoms with E-state index >= 15 is 0 Å². The molecule has 1 fully saturated rings. The van der Waals surface area contributed by atoms with Crippen LogP contribution in [0.2, 0.25) is 0 Å². The Kier molecular flexibility index (Phi) is 5.91. The largest absolute Gasteiger partial charge is 0.490 e. The van der Waals surface area contributed by atoms with Gasteiger partial charge in [-0.15, -0.1) is 0 Å². The van der Waals surface area contributed by atoms with E-state index in [1.54, 1.807) is 36.4 Å². The van der Waals surface area contributed by atoms with Crippen LogP contribution in [-0.2, 0) is 11.5 Å².